The molecule has 2 aliphatic rings. The average molecular weight is 350 g/mol. The van der Waals surface area contributed by atoms with Crippen LogP contribution in [-0.4, -0.2) is 34.8 Å². The first-order chi connectivity index (χ1) is 11.6. The lowest BCUT2D eigenvalue weighted by Gasteiger charge is -2.32. The van der Waals surface area contributed by atoms with E-state index >= 15 is 0 Å². The van der Waals surface area contributed by atoms with Crippen molar-refractivity contribution < 1.29 is 9.59 Å². The number of amides is 2. The van der Waals surface area contributed by atoms with Gasteiger partial charge in [-0.1, -0.05) is 24.4 Å². The van der Waals surface area contributed by atoms with Crippen LogP contribution in [0.15, 0.2) is 18.3 Å². The first-order valence-electron chi connectivity index (χ1n) is 8.82. The Morgan fingerprint density at radius 3 is 2.50 bits per heavy atom. The van der Waals surface area contributed by atoms with Crippen LogP contribution in [0.3, 0.4) is 0 Å². The molecule has 0 atom stereocenters. The van der Waals surface area contributed by atoms with Crippen molar-refractivity contribution in [1.82, 2.24) is 9.88 Å². The summed E-state index contributed by atoms with van der Waals surface area (Å²) in [4.78, 5) is 30.7. The van der Waals surface area contributed by atoms with E-state index in [1.54, 1.807) is 12.1 Å². The second-order valence-electron chi connectivity index (χ2n) is 6.86. The molecule has 5 nitrogen and oxygen atoms in total. The molecule has 1 aliphatic heterocycles. The van der Waals surface area contributed by atoms with Crippen molar-refractivity contribution >= 4 is 29.2 Å². The lowest BCUT2D eigenvalue weighted by Crippen LogP contribution is -2.41. The smallest absolute Gasteiger partial charge is 0.228 e. The Kier molecular flexibility index (Phi) is 5.72. The third-order valence-electron chi connectivity index (χ3n) is 5.14. The maximum atomic E-state index is 12.4. The van der Waals surface area contributed by atoms with Gasteiger partial charge in [-0.15, -0.1) is 0 Å². The highest BCUT2D eigenvalue weighted by atomic mass is 35.5. The van der Waals surface area contributed by atoms with E-state index in [1.807, 2.05) is 4.90 Å². The number of pyridine rings is 1. The number of likely N-dealkylation sites (tertiary alicyclic amines) is 1. The van der Waals surface area contributed by atoms with Gasteiger partial charge in [0.2, 0.25) is 11.8 Å². The van der Waals surface area contributed by atoms with Crippen molar-refractivity contribution in [1.29, 1.82) is 0 Å². The highest BCUT2D eigenvalue weighted by molar-refractivity contribution is 6.30. The molecule has 1 aromatic heterocycles. The summed E-state index contributed by atoms with van der Waals surface area (Å²) in [5.74, 6) is 1.28. The summed E-state index contributed by atoms with van der Waals surface area (Å²) >= 11 is 5.79. The number of carbonyl (C=O) groups is 2. The zero-order chi connectivity index (χ0) is 16.9. The number of piperidine rings is 1. The second-order valence-corrected chi connectivity index (χ2v) is 7.30. The van der Waals surface area contributed by atoms with E-state index in [4.69, 9.17) is 11.6 Å². The molecule has 1 saturated carbocycles. The van der Waals surface area contributed by atoms with Crippen molar-refractivity contribution in [3.05, 3.63) is 23.4 Å². The third kappa shape index (κ3) is 4.47. The molecule has 1 aromatic rings. The summed E-state index contributed by atoms with van der Waals surface area (Å²) in [6.45, 7) is 1.36. The fourth-order valence-electron chi connectivity index (χ4n) is 3.66. The van der Waals surface area contributed by atoms with Crippen molar-refractivity contribution in [3.63, 3.8) is 0 Å². The quantitative estimate of drug-likeness (QED) is 0.905. The van der Waals surface area contributed by atoms with Crippen LogP contribution in [0.5, 0.6) is 0 Å². The summed E-state index contributed by atoms with van der Waals surface area (Å²) in [6, 6.07) is 3.40. The molecule has 2 amide bonds. The van der Waals surface area contributed by atoms with Crippen molar-refractivity contribution in [3.8, 4) is 0 Å². The van der Waals surface area contributed by atoms with Crippen molar-refractivity contribution in [2.45, 2.75) is 44.9 Å². The molecule has 1 N–H and O–H groups in total. The summed E-state index contributed by atoms with van der Waals surface area (Å²) in [5, 5.41) is 3.37. The molecule has 130 valence electrons. The normalized spacial score (nSPS) is 19.5. The van der Waals surface area contributed by atoms with Gasteiger partial charge < -0.3 is 10.2 Å². The third-order valence-corrected chi connectivity index (χ3v) is 5.36. The zero-order valence-corrected chi connectivity index (χ0v) is 14.6. The molecular weight excluding hydrogens is 326 g/mol. The van der Waals surface area contributed by atoms with Crippen molar-refractivity contribution in [2.24, 2.45) is 11.8 Å². The van der Waals surface area contributed by atoms with E-state index < -0.39 is 0 Å². The predicted octanol–water partition coefficient (Wildman–Crippen LogP) is 3.49. The Morgan fingerprint density at radius 1 is 1.17 bits per heavy atom. The highest BCUT2D eigenvalue weighted by Crippen LogP contribution is 2.29. The predicted molar refractivity (Wildman–Crippen MR) is 93.8 cm³/mol. The maximum Gasteiger partial charge on any atom is 0.228 e. The number of halogens is 1. The van der Waals surface area contributed by atoms with Gasteiger partial charge in [-0.3, -0.25) is 9.59 Å². The monoisotopic (exact) mass is 349 g/mol. The van der Waals surface area contributed by atoms with Crippen LogP contribution in [0.4, 0.5) is 5.82 Å². The van der Waals surface area contributed by atoms with E-state index in [-0.39, 0.29) is 17.7 Å². The number of rotatable bonds is 4. The fourth-order valence-corrected chi connectivity index (χ4v) is 3.77. The zero-order valence-electron chi connectivity index (χ0n) is 13.8. The molecule has 3 rings (SSSR count). The molecule has 0 unspecified atom stereocenters. The molecule has 0 radical (unpaired) electrons. The molecule has 24 heavy (non-hydrogen) atoms. The van der Waals surface area contributed by atoms with Crippen molar-refractivity contribution in [2.75, 3.05) is 18.4 Å². The largest absolute Gasteiger partial charge is 0.343 e. The van der Waals surface area contributed by atoms with Gasteiger partial charge in [-0.2, -0.15) is 0 Å². The van der Waals surface area contributed by atoms with Crippen LogP contribution >= 0.6 is 11.6 Å². The molecule has 1 aliphatic carbocycles. The summed E-state index contributed by atoms with van der Waals surface area (Å²) in [6.07, 6.45) is 8.55. The van der Waals surface area contributed by atoms with E-state index in [0.29, 0.717) is 36.3 Å². The molecule has 1 saturated heterocycles. The molecule has 0 aromatic carbocycles. The summed E-state index contributed by atoms with van der Waals surface area (Å²) in [5.41, 5.74) is 0. The van der Waals surface area contributed by atoms with E-state index in [1.165, 1.54) is 31.9 Å². The Morgan fingerprint density at radius 2 is 1.88 bits per heavy atom. The van der Waals surface area contributed by atoms with Gasteiger partial charge in [-0.05, 0) is 43.7 Å². The lowest BCUT2D eigenvalue weighted by molar-refractivity contribution is -0.135. The van der Waals surface area contributed by atoms with Gasteiger partial charge in [0.1, 0.15) is 5.82 Å². The van der Waals surface area contributed by atoms with Crippen LogP contribution in [0.25, 0.3) is 0 Å². The van der Waals surface area contributed by atoms with E-state index in [0.717, 1.165) is 12.8 Å². The Balaban J connectivity index is 1.44. The minimum absolute atomic E-state index is 0.0206. The minimum atomic E-state index is -0.0574. The van der Waals surface area contributed by atoms with Gasteiger partial charge in [0.15, 0.2) is 0 Å². The van der Waals surface area contributed by atoms with Gasteiger partial charge in [0.05, 0.1) is 5.02 Å². The van der Waals surface area contributed by atoms with Gasteiger partial charge in [0.25, 0.3) is 0 Å². The minimum Gasteiger partial charge on any atom is -0.343 e. The SMILES string of the molecule is O=C(Nc1ccc(Cl)cn1)C1CCN(C(=O)CC2CCCC2)CC1. The fraction of sp³-hybridized carbons (Fsp3) is 0.611. The Labute approximate surface area is 147 Å². The number of hydrogen-bond donors (Lipinski definition) is 1. The molecule has 2 fully saturated rings. The Bertz CT molecular complexity index is 576. The average Bonchev–Trinajstić information content (AvgIpc) is 3.10. The van der Waals surface area contributed by atoms with Gasteiger partial charge in [0, 0.05) is 31.6 Å². The number of aromatic nitrogens is 1. The van der Waals surface area contributed by atoms with E-state index in [9.17, 15) is 9.59 Å². The summed E-state index contributed by atoms with van der Waals surface area (Å²) < 4.78 is 0. The molecule has 6 heteroatoms. The molecule has 0 bridgehead atoms. The second kappa shape index (κ2) is 7.97. The molecular formula is C18H24ClN3O2. The molecule has 0 spiro atoms. The number of hydrogen-bond acceptors (Lipinski definition) is 3. The number of carbonyl (C=O) groups excluding carboxylic acids is 2. The topological polar surface area (TPSA) is 62.3 Å². The highest BCUT2D eigenvalue weighted by Gasteiger charge is 2.29. The van der Waals surface area contributed by atoms with Crippen LogP contribution in [0.2, 0.25) is 5.02 Å². The summed E-state index contributed by atoms with van der Waals surface area (Å²) in [7, 11) is 0. The van der Waals surface area contributed by atoms with Gasteiger partial charge >= 0.3 is 0 Å². The first-order valence-corrected chi connectivity index (χ1v) is 9.20. The number of nitrogens with one attached hydrogen (secondary N) is 1. The van der Waals surface area contributed by atoms with E-state index in [2.05, 4.69) is 10.3 Å². The van der Waals surface area contributed by atoms with Crippen LogP contribution in [0.1, 0.15) is 44.9 Å². The van der Waals surface area contributed by atoms with Crippen LogP contribution < -0.4 is 5.32 Å². The lowest BCUT2D eigenvalue weighted by atomic mass is 9.95. The molecule has 2 heterocycles. The maximum absolute atomic E-state index is 12.4. The Hall–Kier alpha value is -1.62. The standard InChI is InChI=1S/C18H24ClN3O2/c19-15-5-6-16(20-12-15)21-18(24)14-7-9-22(10-8-14)17(23)11-13-3-1-2-4-13/h5-6,12-14H,1-4,7-11H2,(H,20,21,24). The number of anilines is 1. The van der Waals surface area contributed by atoms with Gasteiger partial charge in [-0.25, -0.2) is 4.98 Å². The first kappa shape index (κ1) is 17.2. The van der Waals surface area contributed by atoms with Crippen LogP contribution in [0, 0.1) is 11.8 Å². The number of nitrogens with zero attached hydrogens (tertiary/aromatic N) is 2. The van der Waals surface area contributed by atoms with Crippen LogP contribution in [-0.2, 0) is 9.59 Å².